The molecule has 108 valence electrons. The minimum Gasteiger partial charge on any atom is -0.328 e. The number of nitrogens with zero attached hydrogens (tertiary/aromatic N) is 2. The maximum atomic E-state index is 12.4. The zero-order valence-corrected chi connectivity index (χ0v) is 12.6. The maximum Gasteiger partial charge on any atom is 0.162 e. The van der Waals surface area contributed by atoms with E-state index in [1.54, 1.807) is 0 Å². The Morgan fingerprint density at radius 2 is 2.14 bits per heavy atom. The molecule has 2 N–H and O–H groups in total. The molecule has 0 saturated carbocycles. The van der Waals surface area contributed by atoms with Crippen molar-refractivity contribution in [3.05, 3.63) is 52.5 Å². The number of rotatable bonds is 5. The van der Waals surface area contributed by atoms with Crippen LogP contribution in [-0.4, -0.2) is 15.3 Å². The number of hydrogen-bond acceptors (Lipinski definition) is 4. The molecule has 2 heterocycles. The van der Waals surface area contributed by atoms with Gasteiger partial charge in [0.1, 0.15) is 5.82 Å². The van der Waals surface area contributed by atoms with Gasteiger partial charge >= 0.3 is 0 Å². The van der Waals surface area contributed by atoms with Gasteiger partial charge in [-0.05, 0) is 30.5 Å². The number of hydrogen-bond donors (Lipinski definition) is 1. The predicted molar refractivity (Wildman–Crippen MR) is 85.4 cm³/mol. The summed E-state index contributed by atoms with van der Waals surface area (Å²) in [6.45, 7) is 2.85. The molecule has 0 bridgehead atoms. The average Bonchev–Trinajstić information content (AvgIpc) is 3.13. The summed E-state index contributed by atoms with van der Waals surface area (Å²) < 4.78 is 2.08. The molecule has 0 aliphatic rings. The van der Waals surface area contributed by atoms with Gasteiger partial charge in [0, 0.05) is 11.4 Å². The number of Topliss-reactive ketones (excluding diaryl/α,β-unsaturated/α-hetero) is 1. The first-order valence-corrected chi connectivity index (χ1v) is 7.84. The van der Waals surface area contributed by atoms with Crippen molar-refractivity contribution in [1.82, 2.24) is 9.55 Å². The van der Waals surface area contributed by atoms with Gasteiger partial charge in [-0.2, -0.15) is 0 Å². The summed E-state index contributed by atoms with van der Waals surface area (Å²) in [6.07, 6.45) is 0.265. The average molecular weight is 299 g/mol. The Labute approximate surface area is 127 Å². The Morgan fingerprint density at radius 1 is 1.33 bits per heavy atom. The number of thiophene rings is 1. The van der Waals surface area contributed by atoms with E-state index >= 15 is 0 Å². The third kappa shape index (κ3) is 2.62. The van der Waals surface area contributed by atoms with Gasteiger partial charge in [-0.1, -0.05) is 18.2 Å². The van der Waals surface area contributed by atoms with Crippen LogP contribution in [0, 0.1) is 0 Å². The summed E-state index contributed by atoms with van der Waals surface area (Å²) in [4.78, 5) is 17.9. The first-order chi connectivity index (χ1) is 10.2. The lowest BCUT2D eigenvalue weighted by molar-refractivity contribution is -0.119. The summed E-state index contributed by atoms with van der Waals surface area (Å²) in [5.41, 5.74) is 8.03. The number of aromatic nitrogens is 2. The monoisotopic (exact) mass is 299 g/mol. The van der Waals surface area contributed by atoms with Crippen molar-refractivity contribution in [2.24, 2.45) is 5.73 Å². The van der Waals surface area contributed by atoms with Crippen LogP contribution < -0.4 is 5.73 Å². The minimum atomic E-state index is -0.560. The van der Waals surface area contributed by atoms with E-state index in [9.17, 15) is 4.79 Å². The van der Waals surface area contributed by atoms with Crippen molar-refractivity contribution in [2.45, 2.75) is 25.9 Å². The highest BCUT2D eigenvalue weighted by Gasteiger charge is 2.20. The van der Waals surface area contributed by atoms with Gasteiger partial charge in [-0.15, -0.1) is 11.3 Å². The van der Waals surface area contributed by atoms with Gasteiger partial charge in [0.15, 0.2) is 5.78 Å². The fourth-order valence-electron chi connectivity index (χ4n) is 2.51. The van der Waals surface area contributed by atoms with E-state index in [-0.39, 0.29) is 12.2 Å². The topological polar surface area (TPSA) is 60.9 Å². The smallest absolute Gasteiger partial charge is 0.162 e. The molecule has 0 radical (unpaired) electrons. The standard InChI is InChI=1S/C16H17N3OS/c1-2-19-12-7-4-3-6-11(12)18-15(19)10-13(20)16(17)14-8-5-9-21-14/h3-9,16H,2,10,17H2,1H3. The van der Waals surface area contributed by atoms with Gasteiger partial charge in [0.25, 0.3) is 0 Å². The van der Waals surface area contributed by atoms with Crippen LogP contribution in [0.25, 0.3) is 11.0 Å². The van der Waals surface area contributed by atoms with E-state index in [0.717, 1.165) is 28.3 Å². The second-order valence-corrected chi connectivity index (χ2v) is 5.88. The van der Waals surface area contributed by atoms with Crippen molar-refractivity contribution in [3.63, 3.8) is 0 Å². The SMILES string of the molecule is CCn1c(CC(=O)C(N)c2cccs2)nc2ccccc21. The normalized spacial score (nSPS) is 12.7. The number of imidazole rings is 1. The van der Waals surface area contributed by atoms with Gasteiger partial charge in [0.2, 0.25) is 0 Å². The van der Waals surface area contributed by atoms with E-state index < -0.39 is 6.04 Å². The van der Waals surface area contributed by atoms with Crippen molar-refractivity contribution in [1.29, 1.82) is 0 Å². The number of carbonyl (C=O) groups excluding carboxylic acids is 1. The van der Waals surface area contributed by atoms with Crippen molar-refractivity contribution in [3.8, 4) is 0 Å². The molecule has 1 atom stereocenters. The highest BCUT2D eigenvalue weighted by molar-refractivity contribution is 7.10. The largest absolute Gasteiger partial charge is 0.328 e. The van der Waals surface area contributed by atoms with E-state index in [0.29, 0.717) is 0 Å². The lowest BCUT2D eigenvalue weighted by Crippen LogP contribution is -2.23. The van der Waals surface area contributed by atoms with Gasteiger partial charge in [0.05, 0.1) is 23.5 Å². The lowest BCUT2D eigenvalue weighted by Gasteiger charge is -2.09. The second-order valence-electron chi connectivity index (χ2n) is 4.90. The summed E-state index contributed by atoms with van der Waals surface area (Å²) in [7, 11) is 0. The van der Waals surface area contributed by atoms with Crippen LogP contribution in [0.2, 0.25) is 0 Å². The van der Waals surface area contributed by atoms with Crippen molar-refractivity contribution < 1.29 is 4.79 Å². The maximum absolute atomic E-state index is 12.4. The number of carbonyl (C=O) groups is 1. The third-order valence-corrected chi connectivity index (χ3v) is 4.53. The van der Waals surface area contributed by atoms with Gasteiger partial charge in [-0.25, -0.2) is 4.98 Å². The van der Waals surface area contributed by atoms with E-state index in [1.807, 2.05) is 41.8 Å². The molecule has 2 aromatic heterocycles. The Morgan fingerprint density at radius 3 is 2.86 bits per heavy atom. The molecule has 4 nitrogen and oxygen atoms in total. The van der Waals surface area contributed by atoms with Crippen LogP contribution in [0.1, 0.15) is 23.7 Å². The van der Waals surface area contributed by atoms with Gasteiger partial charge < -0.3 is 10.3 Å². The zero-order valence-electron chi connectivity index (χ0n) is 11.8. The number of fused-ring (bicyclic) bond motifs is 1. The molecule has 3 aromatic rings. The molecule has 0 aliphatic carbocycles. The van der Waals surface area contributed by atoms with Crippen molar-refractivity contribution in [2.75, 3.05) is 0 Å². The Bertz CT molecular complexity index is 761. The molecule has 1 aromatic carbocycles. The van der Waals surface area contributed by atoms with Crippen LogP contribution in [0.3, 0.4) is 0 Å². The molecular weight excluding hydrogens is 282 g/mol. The van der Waals surface area contributed by atoms with Crippen LogP contribution in [0.15, 0.2) is 41.8 Å². The fourth-order valence-corrected chi connectivity index (χ4v) is 3.26. The van der Waals surface area contributed by atoms with Crippen LogP contribution in [0.5, 0.6) is 0 Å². The highest BCUT2D eigenvalue weighted by atomic mass is 32.1. The lowest BCUT2D eigenvalue weighted by atomic mass is 10.1. The molecule has 0 saturated heterocycles. The molecule has 0 spiro atoms. The molecule has 0 aliphatic heterocycles. The summed E-state index contributed by atoms with van der Waals surface area (Å²) >= 11 is 1.51. The molecule has 21 heavy (non-hydrogen) atoms. The first kappa shape index (κ1) is 14.0. The Hall–Kier alpha value is -1.98. The summed E-state index contributed by atoms with van der Waals surface area (Å²) in [6, 6.07) is 11.2. The molecule has 3 rings (SSSR count). The van der Waals surface area contributed by atoms with Crippen LogP contribution in [-0.2, 0) is 17.8 Å². The van der Waals surface area contributed by atoms with E-state index in [4.69, 9.17) is 5.73 Å². The first-order valence-electron chi connectivity index (χ1n) is 6.96. The summed E-state index contributed by atoms with van der Waals surface area (Å²) in [5, 5.41) is 1.93. The minimum absolute atomic E-state index is 0.00227. The highest BCUT2D eigenvalue weighted by Crippen LogP contribution is 2.21. The third-order valence-electron chi connectivity index (χ3n) is 3.58. The Balaban J connectivity index is 1.89. The number of para-hydroxylation sites is 2. The van der Waals surface area contributed by atoms with E-state index in [1.165, 1.54) is 11.3 Å². The number of nitrogens with two attached hydrogens (primary N) is 1. The number of benzene rings is 1. The number of aryl methyl sites for hydroxylation is 1. The fraction of sp³-hybridized carbons (Fsp3) is 0.250. The second kappa shape index (κ2) is 5.79. The predicted octanol–water partition coefficient (Wildman–Crippen LogP) is 2.93. The van der Waals surface area contributed by atoms with Crippen molar-refractivity contribution >= 4 is 28.2 Å². The Kier molecular flexibility index (Phi) is 3.86. The molecular formula is C16H17N3OS. The molecule has 1 unspecified atom stereocenters. The zero-order chi connectivity index (χ0) is 14.8. The quantitative estimate of drug-likeness (QED) is 0.788. The number of ketones is 1. The van der Waals surface area contributed by atoms with Crippen LogP contribution >= 0.6 is 11.3 Å². The molecule has 0 fully saturated rings. The van der Waals surface area contributed by atoms with Gasteiger partial charge in [-0.3, -0.25) is 4.79 Å². The molecule has 0 amide bonds. The molecule has 5 heteroatoms. The van der Waals surface area contributed by atoms with Crippen LogP contribution in [0.4, 0.5) is 0 Å². The van der Waals surface area contributed by atoms with E-state index in [2.05, 4.69) is 16.5 Å². The summed E-state index contributed by atoms with van der Waals surface area (Å²) in [5.74, 6) is 0.790.